The molecule has 0 aromatic heterocycles. The molecule has 164 valence electrons. The molecule has 0 aliphatic heterocycles. The first kappa shape index (κ1) is 31.7. The van der Waals surface area contributed by atoms with Crippen LogP contribution < -0.4 is 9.79 Å². The zero-order chi connectivity index (χ0) is 20.1. The van der Waals surface area contributed by atoms with Crippen molar-refractivity contribution in [1.82, 2.24) is 0 Å². The topological polar surface area (TPSA) is 46.1 Å². The van der Waals surface area contributed by atoms with Gasteiger partial charge < -0.3 is 9.79 Å². The van der Waals surface area contributed by atoms with E-state index < -0.39 is 5.69 Å². The Kier molecular flexibility index (Phi) is 28.1. The van der Waals surface area contributed by atoms with Crippen molar-refractivity contribution in [2.24, 2.45) is 0 Å². The van der Waals surface area contributed by atoms with E-state index >= 15 is 0 Å². The summed E-state index contributed by atoms with van der Waals surface area (Å²) in [6.07, 6.45) is 27.4. The van der Waals surface area contributed by atoms with E-state index in [1.165, 1.54) is 116 Å². The Morgan fingerprint density at radius 3 is 1.04 bits per heavy atom. The van der Waals surface area contributed by atoms with Gasteiger partial charge in [-0.15, -0.1) is 11.8 Å². The van der Waals surface area contributed by atoms with E-state index in [0.29, 0.717) is 5.75 Å². The van der Waals surface area contributed by atoms with Crippen molar-refractivity contribution < 1.29 is 29.3 Å². The van der Waals surface area contributed by atoms with Crippen molar-refractivity contribution in [3.8, 4) is 0 Å². The molecule has 2 nitrogen and oxygen atoms in total. The Morgan fingerprint density at radius 2 is 0.786 bits per heavy atom. The molecule has 0 N–H and O–H groups in total. The summed E-state index contributed by atoms with van der Waals surface area (Å²) < 4.78 is 0. The second-order valence-corrected chi connectivity index (χ2v) is 13.9. The van der Waals surface area contributed by atoms with E-state index in [4.69, 9.17) is 0 Å². The average Bonchev–Trinajstić information content (AvgIpc) is 2.62. The largest absolute Gasteiger partial charge is 2.00 e. The van der Waals surface area contributed by atoms with E-state index in [9.17, 15) is 9.79 Å². The monoisotopic (exact) mass is 500 g/mol. The minimum atomic E-state index is -3.51. The Morgan fingerprint density at radius 1 is 0.536 bits per heavy atom. The molecule has 0 atom stereocenters. The van der Waals surface area contributed by atoms with Gasteiger partial charge in [0, 0.05) is 0 Å². The molecule has 0 saturated carbocycles. The van der Waals surface area contributed by atoms with Gasteiger partial charge in [0.25, 0.3) is 0 Å². The second-order valence-electron chi connectivity index (χ2n) is 8.00. The van der Waals surface area contributed by atoms with E-state index in [2.05, 4.69) is 18.7 Å². The summed E-state index contributed by atoms with van der Waals surface area (Å²) in [5.74, 6) is 0.670. The maximum absolute atomic E-state index is 10.8. The molecular weight excluding hydrogens is 457 g/mol. The first-order chi connectivity index (χ1) is 13.1. The third kappa shape index (κ3) is 29.7. The Hall–Kier alpha value is 1.54. The molecule has 0 spiro atoms. The third-order valence-corrected chi connectivity index (χ3v) is 8.48. The Balaban J connectivity index is 0. The minimum absolute atomic E-state index is 0. The van der Waals surface area contributed by atoms with E-state index in [0.717, 1.165) is 24.2 Å². The quantitative estimate of drug-likeness (QED) is 0.0875. The molecule has 0 heterocycles. The predicted octanol–water partition coefficient (Wildman–Crippen LogP) is 7.48. The van der Waals surface area contributed by atoms with Crippen molar-refractivity contribution in [1.29, 1.82) is 0 Å². The normalized spacial score (nSPS) is 11.5. The zero-order valence-corrected chi connectivity index (χ0v) is 24.1. The van der Waals surface area contributed by atoms with Crippen LogP contribution in [0.2, 0.25) is 0 Å². The van der Waals surface area contributed by atoms with Crippen molar-refractivity contribution in [3.05, 3.63) is 0 Å². The van der Waals surface area contributed by atoms with Gasteiger partial charge in [-0.05, 0) is 12.2 Å². The Labute approximate surface area is 198 Å². The van der Waals surface area contributed by atoms with Gasteiger partial charge in [0.15, 0.2) is 0 Å². The molecule has 0 radical (unpaired) electrons. The van der Waals surface area contributed by atoms with Crippen LogP contribution in [-0.2, 0) is 31.3 Å². The summed E-state index contributed by atoms with van der Waals surface area (Å²) in [6.45, 7) is 2.28. The number of unbranched alkanes of at least 4 members (excludes halogenated alkanes) is 19. The summed E-state index contributed by atoms with van der Waals surface area (Å²) in [4.78, 5) is 21.7. The molecule has 0 aromatic rings. The molecule has 0 rings (SSSR count). The average molecular weight is 502 g/mol. The Bertz CT molecular complexity index is 340. The molecule has 0 unspecified atom stereocenters. The fourth-order valence-corrected chi connectivity index (χ4v) is 5.82. The molecule has 0 aromatic carbocycles. The van der Waals surface area contributed by atoms with Crippen LogP contribution in [0.4, 0.5) is 0 Å². The van der Waals surface area contributed by atoms with E-state index in [1.54, 1.807) is 0 Å². The van der Waals surface area contributed by atoms with Gasteiger partial charge in [0.2, 0.25) is 0 Å². The molecule has 28 heavy (non-hydrogen) atoms. The first-order valence-corrected chi connectivity index (χ1v) is 16.0. The van der Waals surface area contributed by atoms with E-state index in [1.807, 2.05) is 0 Å². The van der Waals surface area contributed by atoms with Crippen LogP contribution in [-0.4, -0.2) is 5.75 Å². The van der Waals surface area contributed by atoms with Crippen molar-refractivity contribution in [2.45, 2.75) is 135 Å². The van der Waals surface area contributed by atoms with Crippen molar-refractivity contribution in [3.63, 3.8) is 0 Å². The van der Waals surface area contributed by atoms with Crippen LogP contribution in [0, 0.1) is 0 Å². The molecule has 0 fully saturated rings. The van der Waals surface area contributed by atoms with Gasteiger partial charge in [0.1, 0.15) is 0 Å². The smallest absolute Gasteiger partial charge is 0.825 e. The van der Waals surface area contributed by atoms with Crippen LogP contribution in [0.1, 0.15) is 135 Å². The molecule has 0 aliphatic rings. The van der Waals surface area contributed by atoms with Gasteiger partial charge in [0.05, 0.1) is 0 Å². The first-order valence-electron chi connectivity index (χ1n) is 11.7. The summed E-state index contributed by atoms with van der Waals surface area (Å²) >= 11 is 5.31. The molecular formula is C22H45O2PS2Zn. The summed E-state index contributed by atoms with van der Waals surface area (Å²) in [6, 6.07) is 0. The molecule has 0 amide bonds. The van der Waals surface area contributed by atoms with Crippen LogP contribution in [0.25, 0.3) is 0 Å². The second kappa shape index (κ2) is 24.8. The predicted molar refractivity (Wildman–Crippen MR) is 125 cm³/mol. The fourth-order valence-electron chi connectivity index (χ4n) is 3.53. The van der Waals surface area contributed by atoms with Gasteiger partial charge in [-0.25, -0.2) is 0 Å². The van der Waals surface area contributed by atoms with Crippen LogP contribution in [0.3, 0.4) is 0 Å². The van der Waals surface area contributed by atoms with Gasteiger partial charge >= 0.3 is 19.5 Å². The summed E-state index contributed by atoms with van der Waals surface area (Å²) in [5.41, 5.74) is -3.51. The maximum atomic E-state index is 10.8. The molecule has 6 heteroatoms. The molecule has 0 saturated heterocycles. The molecule has 0 aliphatic carbocycles. The number of hydrogen-bond acceptors (Lipinski definition) is 4. The maximum Gasteiger partial charge on any atom is 2.00 e. The third-order valence-electron chi connectivity index (χ3n) is 5.25. The van der Waals surface area contributed by atoms with Crippen molar-refractivity contribution >= 4 is 28.9 Å². The minimum Gasteiger partial charge on any atom is -0.825 e. The van der Waals surface area contributed by atoms with Crippen LogP contribution in [0.5, 0.6) is 0 Å². The van der Waals surface area contributed by atoms with Gasteiger partial charge in [-0.2, -0.15) is 17.1 Å². The number of hydrogen-bond donors (Lipinski definition) is 0. The van der Waals surface area contributed by atoms with Gasteiger partial charge in [-0.3, -0.25) is 0 Å². The van der Waals surface area contributed by atoms with Gasteiger partial charge in [-0.1, -0.05) is 129 Å². The SMILES string of the molecule is CCCCCCCCCCCCCCCCCCCCCCSP([O-])([O-])=S.[Zn+2]. The summed E-state index contributed by atoms with van der Waals surface area (Å²) in [5, 5.41) is 0. The standard InChI is InChI=1S/C22H47O2PS2.Zn/c1-2-3-4-5-6-7-8-9-10-11-12-13-14-15-16-17-18-19-20-21-22-27-25(23,24)26;/h2-22H2,1H3,(H2,23,24,26);/q;+2/p-2. The zero-order valence-electron chi connectivity index (χ0n) is 18.6. The fraction of sp³-hybridized carbons (Fsp3) is 1.00. The van der Waals surface area contributed by atoms with Crippen molar-refractivity contribution in [2.75, 3.05) is 5.75 Å². The molecule has 0 bridgehead atoms. The summed E-state index contributed by atoms with van der Waals surface area (Å²) in [7, 11) is 0. The van der Waals surface area contributed by atoms with Crippen LogP contribution in [0.15, 0.2) is 0 Å². The van der Waals surface area contributed by atoms with E-state index in [-0.39, 0.29) is 19.5 Å². The van der Waals surface area contributed by atoms with Crippen LogP contribution >= 0.6 is 17.1 Å². The number of rotatable bonds is 22.